The predicted octanol–water partition coefficient (Wildman–Crippen LogP) is 4.46. The average Bonchev–Trinajstić information content (AvgIpc) is 2.98. The van der Waals surface area contributed by atoms with Crippen LogP contribution in [0.1, 0.15) is 41.2 Å². The minimum atomic E-state index is -4.42. The maximum atomic E-state index is 12.7. The van der Waals surface area contributed by atoms with Crippen molar-refractivity contribution in [2.75, 3.05) is 0 Å². The monoisotopic (exact) mass is 619 g/mol. The minimum Gasteiger partial charge on any atom is -0.444 e. The fraction of sp³-hybridized carbons (Fsp3) is 0.267. The zero-order valence-corrected chi connectivity index (χ0v) is 24.1. The molecule has 43 heavy (non-hydrogen) atoms. The summed E-state index contributed by atoms with van der Waals surface area (Å²) in [6.07, 6.45) is -4.69. The van der Waals surface area contributed by atoms with Crippen LogP contribution in [0.3, 0.4) is 0 Å². The van der Waals surface area contributed by atoms with Gasteiger partial charge in [0.15, 0.2) is 0 Å². The first-order valence-electron chi connectivity index (χ1n) is 13.1. The molecule has 0 saturated carbocycles. The number of amides is 3. The van der Waals surface area contributed by atoms with Crippen molar-refractivity contribution in [2.24, 2.45) is 5.73 Å². The number of hydrogen-bond acceptors (Lipinski definition) is 6. The van der Waals surface area contributed by atoms with Crippen LogP contribution in [0, 0.1) is 5.41 Å². The number of carbonyl (C=O) groups excluding carboxylic acids is 3. The molecule has 0 spiro atoms. The first kappa shape index (κ1) is 34.8. The van der Waals surface area contributed by atoms with Crippen molar-refractivity contribution in [2.45, 2.75) is 51.2 Å². The molecule has 0 aliphatic heterocycles. The maximum Gasteiger partial charge on any atom is 0.416 e. The Balaban J connectivity index is 0.00000645. The van der Waals surface area contributed by atoms with Gasteiger partial charge in [0, 0.05) is 12.1 Å². The number of rotatable bonds is 11. The van der Waals surface area contributed by atoms with Gasteiger partial charge in [-0.1, -0.05) is 66.7 Å². The largest absolute Gasteiger partial charge is 0.444 e. The molecule has 3 rings (SSSR count). The van der Waals surface area contributed by atoms with Gasteiger partial charge in [-0.05, 0) is 48.6 Å². The normalized spacial score (nSPS) is 12.2. The van der Waals surface area contributed by atoms with Crippen molar-refractivity contribution in [3.63, 3.8) is 0 Å². The van der Waals surface area contributed by atoms with Crippen molar-refractivity contribution in [1.82, 2.24) is 16.0 Å². The Bertz CT molecular complexity index is 1370. The predicted molar refractivity (Wildman–Crippen MR) is 157 cm³/mol. The van der Waals surface area contributed by atoms with Crippen LogP contribution in [-0.2, 0) is 40.1 Å². The molecule has 0 aliphatic carbocycles. The molecule has 0 aromatic heterocycles. The van der Waals surface area contributed by atoms with Crippen molar-refractivity contribution in [3.05, 3.63) is 107 Å². The van der Waals surface area contributed by atoms with Gasteiger partial charge in [0.1, 0.15) is 18.5 Å². The molecule has 3 aromatic rings. The summed E-state index contributed by atoms with van der Waals surface area (Å²) in [7, 11) is 0. The lowest BCUT2D eigenvalue weighted by molar-refractivity contribution is -0.137. The quantitative estimate of drug-likeness (QED) is 0.159. The molecule has 9 nitrogen and oxygen atoms in total. The van der Waals surface area contributed by atoms with E-state index in [1.807, 2.05) is 30.3 Å². The number of hydrogen-bond donors (Lipinski definition) is 5. The van der Waals surface area contributed by atoms with Crippen LogP contribution in [0.5, 0.6) is 0 Å². The molecule has 3 aromatic carbocycles. The lowest BCUT2D eigenvalue weighted by Crippen LogP contribution is -2.50. The first-order chi connectivity index (χ1) is 19.9. The van der Waals surface area contributed by atoms with Gasteiger partial charge in [0.25, 0.3) is 0 Å². The summed E-state index contributed by atoms with van der Waals surface area (Å²) in [6, 6.07) is 18.5. The van der Waals surface area contributed by atoms with Crippen LogP contribution in [0.25, 0.3) is 0 Å². The molecular formula is C30H33ClF3N5O4. The smallest absolute Gasteiger partial charge is 0.416 e. The third kappa shape index (κ3) is 11.4. The highest BCUT2D eigenvalue weighted by atomic mass is 35.5. The van der Waals surface area contributed by atoms with E-state index in [4.69, 9.17) is 15.9 Å². The van der Waals surface area contributed by atoms with Crippen LogP contribution < -0.4 is 21.7 Å². The number of nitrogens with two attached hydrogens (primary N) is 1. The van der Waals surface area contributed by atoms with E-state index in [0.717, 1.165) is 23.3 Å². The molecule has 0 heterocycles. The van der Waals surface area contributed by atoms with Crippen molar-refractivity contribution in [3.8, 4) is 0 Å². The molecule has 230 valence electrons. The number of alkyl halides is 3. The number of nitrogens with one attached hydrogen (secondary N) is 4. The molecule has 0 bridgehead atoms. The Kier molecular flexibility index (Phi) is 13.2. The third-order valence-electron chi connectivity index (χ3n) is 6.26. The van der Waals surface area contributed by atoms with Crippen molar-refractivity contribution < 1.29 is 32.3 Å². The minimum absolute atomic E-state index is 0. The maximum absolute atomic E-state index is 12.7. The summed E-state index contributed by atoms with van der Waals surface area (Å²) in [5.74, 6) is -1.14. The number of alkyl carbamates (subject to hydrolysis) is 1. The summed E-state index contributed by atoms with van der Waals surface area (Å²) in [5, 5.41) is 15.7. The second kappa shape index (κ2) is 16.3. The Morgan fingerprint density at radius 3 is 2.09 bits per heavy atom. The summed E-state index contributed by atoms with van der Waals surface area (Å²) in [5.41, 5.74) is 7.75. The van der Waals surface area contributed by atoms with Gasteiger partial charge in [0.2, 0.25) is 11.8 Å². The zero-order chi connectivity index (χ0) is 30.7. The summed E-state index contributed by atoms with van der Waals surface area (Å²) in [4.78, 5) is 36.9. The molecule has 3 amide bonds. The van der Waals surface area contributed by atoms with Gasteiger partial charge in [0.05, 0.1) is 11.6 Å². The van der Waals surface area contributed by atoms with Gasteiger partial charge < -0.3 is 21.1 Å². The topological polar surface area (TPSA) is 146 Å². The number of amidine groups is 1. The van der Waals surface area contributed by atoms with Gasteiger partial charge in [-0.15, -0.1) is 12.4 Å². The van der Waals surface area contributed by atoms with Crippen LogP contribution in [0.2, 0.25) is 0 Å². The lowest BCUT2D eigenvalue weighted by Gasteiger charge is -2.17. The van der Waals surface area contributed by atoms with Crippen molar-refractivity contribution in [1.29, 1.82) is 5.41 Å². The number of aryl methyl sites for hydroxylation is 1. The number of carbonyl (C=O) groups is 3. The van der Waals surface area contributed by atoms with Gasteiger partial charge >= 0.3 is 12.3 Å². The average molecular weight is 620 g/mol. The fourth-order valence-electron chi connectivity index (χ4n) is 3.76. The van der Waals surface area contributed by atoms with Crippen molar-refractivity contribution >= 4 is 36.2 Å². The van der Waals surface area contributed by atoms with Crippen LogP contribution in [-0.4, -0.2) is 35.8 Å². The number of halogens is 4. The molecule has 2 atom stereocenters. The third-order valence-corrected chi connectivity index (χ3v) is 6.26. The molecule has 0 aliphatic rings. The van der Waals surface area contributed by atoms with Crippen LogP contribution in [0.4, 0.5) is 18.0 Å². The molecule has 0 saturated heterocycles. The van der Waals surface area contributed by atoms with E-state index in [1.165, 1.54) is 19.1 Å². The molecule has 6 N–H and O–H groups in total. The van der Waals surface area contributed by atoms with Crippen LogP contribution >= 0.6 is 12.4 Å². The van der Waals surface area contributed by atoms with E-state index in [2.05, 4.69) is 16.0 Å². The van der Waals surface area contributed by atoms with E-state index >= 15 is 0 Å². The second-order valence-corrected chi connectivity index (χ2v) is 9.55. The highest BCUT2D eigenvalue weighted by molar-refractivity contribution is 6.04. The van der Waals surface area contributed by atoms with Gasteiger partial charge in [-0.3, -0.25) is 20.3 Å². The summed E-state index contributed by atoms with van der Waals surface area (Å²) >= 11 is 0. The van der Waals surface area contributed by atoms with E-state index in [-0.39, 0.29) is 37.8 Å². The van der Waals surface area contributed by atoms with Gasteiger partial charge in [-0.25, -0.2) is 4.79 Å². The standard InChI is InChI=1S/C30H32F3N5O4.ClH/c1-19(37-28(40)25(34)16-11-20-9-14-24(15-10-20)30(31,32)33)27(39)36-17-21-7-12-23(13-8-21)26(35)38-29(41)42-18-22-5-3-2-4-6-22;/h2-10,12-15,19,25H,11,16-18,34H2,1H3,(H,36,39)(H,37,40)(H2,35,38,41);1H/t19-,25+;/m0./s1. The first-order valence-corrected chi connectivity index (χ1v) is 13.1. The molecular weight excluding hydrogens is 587 g/mol. The molecule has 13 heteroatoms. The number of ether oxygens (including phenoxy) is 1. The SMILES string of the molecule is C[C@H](NC(=O)[C@H](N)CCc1ccc(C(F)(F)F)cc1)C(=O)NCc1ccc(C(=N)NC(=O)OCc2ccccc2)cc1.Cl. The Labute approximate surface area is 253 Å². The summed E-state index contributed by atoms with van der Waals surface area (Å²) < 4.78 is 43.2. The summed E-state index contributed by atoms with van der Waals surface area (Å²) in [6.45, 7) is 1.73. The molecule has 0 radical (unpaired) electrons. The molecule has 0 unspecified atom stereocenters. The van der Waals surface area contributed by atoms with E-state index in [0.29, 0.717) is 17.5 Å². The molecule has 0 fully saturated rings. The Morgan fingerprint density at radius 2 is 1.49 bits per heavy atom. The van der Waals surface area contributed by atoms with Gasteiger partial charge in [-0.2, -0.15) is 13.2 Å². The van der Waals surface area contributed by atoms with Crippen LogP contribution in [0.15, 0.2) is 78.9 Å². The fourth-order valence-corrected chi connectivity index (χ4v) is 3.76. The highest BCUT2D eigenvalue weighted by Crippen LogP contribution is 2.29. The van der Waals surface area contributed by atoms with E-state index in [1.54, 1.807) is 24.3 Å². The Morgan fingerprint density at radius 1 is 0.884 bits per heavy atom. The van der Waals surface area contributed by atoms with E-state index in [9.17, 15) is 27.6 Å². The number of benzene rings is 3. The zero-order valence-electron chi connectivity index (χ0n) is 23.2. The highest BCUT2D eigenvalue weighted by Gasteiger charge is 2.30. The Hall–Kier alpha value is -4.42. The lowest BCUT2D eigenvalue weighted by atomic mass is 10.0. The van der Waals surface area contributed by atoms with E-state index < -0.39 is 41.7 Å². The second-order valence-electron chi connectivity index (χ2n) is 9.55.